The molecule has 0 aliphatic rings. The molecular formula is C54H34. The third kappa shape index (κ3) is 4.78. The zero-order valence-corrected chi connectivity index (χ0v) is 29.6. The maximum Gasteiger partial charge on any atom is -0.00201 e. The molecule has 11 aromatic rings. The lowest BCUT2D eigenvalue weighted by atomic mass is 9.84. The zero-order chi connectivity index (χ0) is 35.6. The molecular weight excluding hydrogens is 649 g/mol. The molecule has 0 nitrogen and oxygen atoms in total. The van der Waals surface area contributed by atoms with Gasteiger partial charge in [-0.2, -0.15) is 0 Å². The number of fused-ring (bicyclic) bond motifs is 7. The lowest BCUT2D eigenvalue weighted by Crippen LogP contribution is -1.92. The van der Waals surface area contributed by atoms with Gasteiger partial charge in [-0.05, 0) is 127 Å². The summed E-state index contributed by atoms with van der Waals surface area (Å²) in [6.07, 6.45) is 0. The molecule has 0 heterocycles. The molecule has 0 aliphatic carbocycles. The van der Waals surface area contributed by atoms with Gasteiger partial charge in [0.15, 0.2) is 0 Å². The van der Waals surface area contributed by atoms with Crippen molar-refractivity contribution in [1.29, 1.82) is 0 Å². The molecule has 0 fully saturated rings. The van der Waals surface area contributed by atoms with E-state index in [1.807, 2.05) is 0 Å². The Morgan fingerprint density at radius 3 is 1.48 bits per heavy atom. The van der Waals surface area contributed by atoms with E-state index >= 15 is 0 Å². The van der Waals surface area contributed by atoms with Crippen molar-refractivity contribution < 1.29 is 0 Å². The second-order valence-electron chi connectivity index (χ2n) is 14.4. The minimum Gasteiger partial charge on any atom is -0.0622 e. The molecule has 54 heavy (non-hydrogen) atoms. The topological polar surface area (TPSA) is 0 Å². The van der Waals surface area contributed by atoms with E-state index in [-0.39, 0.29) is 0 Å². The van der Waals surface area contributed by atoms with Gasteiger partial charge in [-0.3, -0.25) is 0 Å². The molecule has 0 bridgehead atoms. The highest BCUT2D eigenvalue weighted by atomic mass is 14.2. The predicted molar refractivity (Wildman–Crippen MR) is 233 cm³/mol. The predicted octanol–water partition coefficient (Wildman–Crippen LogP) is 15.3. The maximum atomic E-state index is 2.44. The van der Waals surface area contributed by atoms with Crippen LogP contribution in [0.15, 0.2) is 206 Å². The van der Waals surface area contributed by atoms with Crippen molar-refractivity contribution in [2.24, 2.45) is 0 Å². The normalized spacial score (nSPS) is 11.7. The maximum absolute atomic E-state index is 2.44. The lowest BCUT2D eigenvalue weighted by molar-refractivity contribution is 1.64. The van der Waals surface area contributed by atoms with Gasteiger partial charge in [0.2, 0.25) is 0 Å². The molecule has 0 N–H and O–H groups in total. The van der Waals surface area contributed by atoms with Crippen LogP contribution >= 0.6 is 0 Å². The quantitative estimate of drug-likeness (QED) is 0.128. The van der Waals surface area contributed by atoms with Gasteiger partial charge in [-0.15, -0.1) is 0 Å². The fraction of sp³-hybridized carbons (Fsp3) is 0. The van der Waals surface area contributed by atoms with Crippen LogP contribution in [0, 0.1) is 0 Å². The Morgan fingerprint density at radius 2 is 0.741 bits per heavy atom. The Hall–Kier alpha value is -7.02. The first kappa shape index (κ1) is 30.6. The van der Waals surface area contributed by atoms with Gasteiger partial charge in [-0.1, -0.05) is 188 Å². The summed E-state index contributed by atoms with van der Waals surface area (Å²) in [4.78, 5) is 0. The van der Waals surface area contributed by atoms with E-state index in [2.05, 4.69) is 206 Å². The van der Waals surface area contributed by atoms with Crippen LogP contribution in [0.3, 0.4) is 0 Å². The SMILES string of the molecule is c1ccc(-c2c3ccccc3c(-c3ccccc3)c3cc(-c4cccc5c4ccc4cc6ccccc6c(-c6ccc7ccccc7c6)c45)ccc23)cc1. The summed E-state index contributed by atoms with van der Waals surface area (Å²) in [5.74, 6) is 0. The molecule has 0 atom stereocenters. The molecule has 0 saturated carbocycles. The third-order valence-corrected chi connectivity index (χ3v) is 11.4. The van der Waals surface area contributed by atoms with E-state index in [0.717, 1.165) is 0 Å². The van der Waals surface area contributed by atoms with Crippen LogP contribution < -0.4 is 0 Å². The van der Waals surface area contributed by atoms with Gasteiger partial charge >= 0.3 is 0 Å². The molecule has 0 radical (unpaired) electrons. The average Bonchev–Trinajstić information content (AvgIpc) is 3.24. The van der Waals surface area contributed by atoms with E-state index in [1.165, 1.54) is 109 Å². The minimum absolute atomic E-state index is 1.21. The fourth-order valence-corrected chi connectivity index (χ4v) is 9.00. The molecule has 0 aromatic heterocycles. The van der Waals surface area contributed by atoms with Gasteiger partial charge in [0.05, 0.1) is 0 Å². The Balaban J connectivity index is 1.22. The van der Waals surface area contributed by atoms with Crippen molar-refractivity contribution in [2.75, 3.05) is 0 Å². The van der Waals surface area contributed by atoms with Crippen LogP contribution in [0.25, 0.3) is 109 Å². The molecule has 0 aliphatic heterocycles. The van der Waals surface area contributed by atoms with E-state index < -0.39 is 0 Å². The van der Waals surface area contributed by atoms with Crippen molar-refractivity contribution in [1.82, 2.24) is 0 Å². The van der Waals surface area contributed by atoms with E-state index in [4.69, 9.17) is 0 Å². The van der Waals surface area contributed by atoms with Gasteiger partial charge in [-0.25, -0.2) is 0 Å². The van der Waals surface area contributed by atoms with Crippen LogP contribution in [0.5, 0.6) is 0 Å². The summed E-state index contributed by atoms with van der Waals surface area (Å²) in [5, 5.41) is 15.2. The smallest absolute Gasteiger partial charge is 0.00201 e. The molecule has 0 heteroatoms. The van der Waals surface area contributed by atoms with E-state index in [1.54, 1.807) is 0 Å². The second-order valence-corrected chi connectivity index (χ2v) is 14.4. The Kier molecular flexibility index (Phi) is 6.97. The number of rotatable bonds is 4. The van der Waals surface area contributed by atoms with Crippen LogP contribution in [0.4, 0.5) is 0 Å². The molecule has 250 valence electrons. The van der Waals surface area contributed by atoms with Crippen molar-refractivity contribution >= 4 is 64.6 Å². The second kappa shape index (κ2) is 12.3. The van der Waals surface area contributed by atoms with Crippen molar-refractivity contribution in [3.05, 3.63) is 206 Å². The van der Waals surface area contributed by atoms with Crippen molar-refractivity contribution in [3.8, 4) is 44.5 Å². The lowest BCUT2D eigenvalue weighted by Gasteiger charge is -2.19. The molecule has 0 unspecified atom stereocenters. The Bertz CT molecular complexity index is 3240. The highest BCUT2D eigenvalue weighted by Crippen LogP contribution is 2.47. The van der Waals surface area contributed by atoms with Crippen molar-refractivity contribution in [3.63, 3.8) is 0 Å². The van der Waals surface area contributed by atoms with Crippen molar-refractivity contribution in [2.45, 2.75) is 0 Å². The largest absolute Gasteiger partial charge is 0.0622 e. The van der Waals surface area contributed by atoms with E-state index in [0.29, 0.717) is 0 Å². The Labute approximate surface area is 314 Å². The highest BCUT2D eigenvalue weighted by molar-refractivity contribution is 6.25. The summed E-state index contributed by atoms with van der Waals surface area (Å²) in [7, 11) is 0. The summed E-state index contributed by atoms with van der Waals surface area (Å²) in [6, 6.07) is 76.1. The van der Waals surface area contributed by atoms with Crippen LogP contribution in [0.1, 0.15) is 0 Å². The molecule has 11 rings (SSSR count). The monoisotopic (exact) mass is 682 g/mol. The number of benzene rings is 11. The van der Waals surface area contributed by atoms with Gasteiger partial charge in [0, 0.05) is 0 Å². The molecule has 0 spiro atoms. The first-order valence-corrected chi connectivity index (χ1v) is 18.8. The number of hydrogen-bond acceptors (Lipinski definition) is 0. The Morgan fingerprint density at radius 1 is 0.204 bits per heavy atom. The zero-order valence-electron chi connectivity index (χ0n) is 29.6. The number of hydrogen-bond donors (Lipinski definition) is 0. The van der Waals surface area contributed by atoms with E-state index in [9.17, 15) is 0 Å². The van der Waals surface area contributed by atoms with Gasteiger partial charge < -0.3 is 0 Å². The van der Waals surface area contributed by atoms with Crippen LogP contribution in [-0.2, 0) is 0 Å². The van der Waals surface area contributed by atoms with Gasteiger partial charge in [0.25, 0.3) is 0 Å². The molecule has 0 saturated heterocycles. The molecule has 0 amide bonds. The fourth-order valence-electron chi connectivity index (χ4n) is 9.00. The highest BCUT2D eigenvalue weighted by Gasteiger charge is 2.19. The summed E-state index contributed by atoms with van der Waals surface area (Å²) in [5.41, 5.74) is 10.0. The summed E-state index contributed by atoms with van der Waals surface area (Å²) < 4.78 is 0. The summed E-state index contributed by atoms with van der Waals surface area (Å²) >= 11 is 0. The van der Waals surface area contributed by atoms with Crippen LogP contribution in [0.2, 0.25) is 0 Å². The van der Waals surface area contributed by atoms with Gasteiger partial charge in [0.1, 0.15) is 0 Å². The first-order chi connectivity index (χ1) is 26.8. The minimum atomic E-state index is 1.21. The average molecular weight is 683 g/mol. The standard InChI is InChI=1S/C54H34/c1-3-15-36(16-4-1)51-47-22-11-12-23-48(47)52(37-17-5-2-6-18-37)50-34-40(28-31-49(50)51)43-24-13-25-46-45(43)30-29-42-33-39-20-9-10-21-44(39)53(54(42)46)41-27-26-35-14-7-8-19-38(35)32-41/h1-34H. The van der Waals surface area contributed by atoms with Crippen LogP contribution in [-0.4, -0.2) is 0 Å². The third-order valence-electron chi connectivity index (χ3n) is 11.4. The molecule has 11 aromatic carbocycles. The summed E-state index contributed by atoms with van der Waals surface area (Å²) in [6.45, 7) is 0. The first-order valence-electron chi connectivity index (χ1n) is 18.8.